The Morgan fingerprint density at radius 2 is 2.33 bits per heavy atom. The maximum absolute atomic E-state index is 8.72. The highest BCUT2D eigenvalue weighted by Gasteiger charge is 2.03. The highest BCUT2D eigenvalue weighted by Crippen LogP contribution is 2.04. The lowest BCUT2D eigenvalue weighted by molar-refractivity contribution is 0.128. The molecule has 5 nitrogen and oxygen atoms in total. The summed E-state index contributed by atoms with van der Waals surface area (Å²) in [6.07, 6.45) is 0.0830. The second-order valence-corrected chi connectivity index (χ2v) is 3.26. The molecule has 1 aromatic heterocycles. The zero-order valence-electron chi connectivity index (χ0n) is 9.11. The molecule has 1 heterocycles. The Hall–Kier alpha value is -1.67. The van der Waals surface area contributed by atoms with Gasteiger partial charge in [0.25, 0.3) is 0 Å². The number of rotatable bonds is 4. The Morgan fingerprint density at radius 3 is 2.93 bits per heavy atom. The maximum atomic E-state index is 8.72. The highest BCUT2D eigenvalue weighted by atomic mass is 16.5. The molecule has 0 amide bonds. The molecule has 0 aliphatic rings. The van der Waals surface area contributed by atoms with E-state index < -0.39 is 0 Å². The van der Waals surface area contributed by atoms with Crippen molar-refractivity contribution in [1.29, 1.82) is 5.26 Å². The van der Waals surface area contributed by atoms with Crippen molar-refractivity contribution in [2.24, 2.45) is 0 Å². The molecule has 1 N–H and O–H groups in total. The summed E-state index contributed by atoms with van der Waals surface area (Å²) in [5, 5.41) is 11.7. The fraction of sp³-hybridized carbons (Fsp3) is 0.500. The van der Waals surface area contributed by atoms with Crippen molar-refractivity contribution in [1.82, 2.24) is 9.97 Å². The topological polar surface area (TPSA) is 70.8 Å². The first kappa shape index (κ1) is 11.4. The number of nitriles is 1. The molecule has 0 saturated carbocycles. The van der Waals surface area contributed by atoms with E-state index in [2.05, 4.69) is 15.3 Å². The molecule has 0 bridgehead atoms. The lowest BCUT2D eigenvalue weighted by Crippen LogP contribution is -2.19. The van der Waals surface area contributed by atoms with Crippen molar-refractivity contribution < 1.29 is 4.74 Å². The number of nitrogens with zero attached hydrogens (tertiary/aromatic N) is 3. The molecule has 5 heteroatoms. The molecule has 0 aliphatic carbocycles. The summed E-state index contributed by atoms with van der Waals surface area (Å²) >= 11 is 0. The summed E-state index contributed by atoms with van der Waals surface area (Å²) in [7, 11) is 1.64. The largest absolute Gasteiger partial charge is 0.380 e. The monoisotopic (exact) mass is 206 g/mol. The number of hydrogen-bond acceptors (Lipinski definition) is 5. The molecule has 0 saturated heterocycles. The van der Waals surface area contributed by atoms with Gasteiger partial charge in [-0.25, -0.2) is 9.97 Å². The number of hydrogen-bond donors (Lipinski definition) is 1. The number of aryl methyl sites for hydroxylation is 1. The van der Waals surface area contributed by atoms with Gasteiger partial charge in [0.15, 0.2) is 0 Å². The molecule has 0 aliphatic heterocycles. The van der Waals surface area contributed by atoms with Crippen LogP contribution in [0.4, 0.5) is 5.95 Å². The van der Waals surface area contributed by atoms with E-state index in [1.807, 2.05) is 19.9 Å². The van der Waals surface area contributed by atoms with Gasteiger partial charge in [0.2, 0.25) is 5.95 Å². The summed E-state index contributed by atoms with van der Waals surface area (Å²) < 4.78 is 5.08. The number of methoxy groups -OCH3 is 1. The number of anilines is 1. The van der Waals surface area contributed by atoms with E-state index in [1.165, 1.54) is 0 Å². The minimum atomic E-state index is 0.0830. The fourth-order valence-electron chi connectivity index (χ4n) is 1.02. The van der Waals surface area contributed by atoms with E-state index in [1.54, 1.807) is 13.2 Å². The lowest BCUT2D eigenvalue weighted by Gasteiger charge is -2.10. The van der Waals surface area contributed by atoms with Crippen molar-refractivity contribution in [3.05, 3.63) is 17.5 Å². The third-order valence-corrected chi connectivity index (χ3v) is 1.92. The van der Waals surface area contributed by atoms with Gasteiger partial charge in [0.1, 0.15) is 11.8 Å². The normalized spacial score (nSPS) is 11.9. The van der Waals surface area contributed by atoms with E-state index in [9.17, 15) is 0 Å². The number of nitrogens with one attached hydrogen (secondary N) is 1. The van der Waals surface area contributed by atoms with Crippen molar-refractivity contribution in [3.8, 4) is 6.07 Å². The summed E-state index contributed by atoms with van der Waals surface area (Å²) in [6, 6.07) is 3.63. The standard InChI is InChI=1S/C10H14N4O/c1-7-4-9(5-11)14-10(13-7)12-6-8(2)15-3/h4,8H,6H2,1-3H3,(H,12,13,14). The number of ether oxygens (including phenoxy) is 1. The molecule has 1 atom stereocenters. The predicted molar refractivity (Wildman–Crippen MR) is 56.4 cm³/mol. The molecular weight excluding hydrogens is 192 g/mol. The summed E-state index contributed by atoms with van der Waals surface area (Å²) in [6.45, 7) is 4.38. The quantitative estimate of drug-likeness (QED) is 0.798. The minimum Gasteiger partial charge on any atom is -0.380 e. The van der Waals surface area contributed by atoms with E-state index in [-0.39, 0.29) is 6.10 Å². The first-order chi connectivity index (χ1) is 7.15. The third-order valence-electron chi connectivity index (χ3n) is 1.92. The van der Waals surface area contributed by atoms with Crippen LogP contribution in [0.3, 0.4) is 0 Å². The van der Waals surface area contributed by atoms with E-state index >= 15 is 0 Å². The van der Waals surface area contributed by atoms with Gasteiger partial charge >= 0.3 is 0 Å². The highest BCUT2D eigenvalue weighted by molar-refractivity contribution is 5.32. The Kier molecular flexibility index (Phi) is 4.01. The van der Waals surface area contributed by atoms with Crippen LogP contribution in [0.2, 0.25) is 0 Å². The van der Waals surface area contributed by atoms with Crippen LogP contribution in [0.15, 0.2) is 6.07 Å². The second kappa shape index (κ2) is 5.27. The van der Waals surface area contributed by atoms with Gasteiger partial charge < -0.3 is 10.1 Å². The summed E-state index contributed by atoms with van der Waals surface area (Å²) in [4.78, 5) is 8.18. The molecule has 1 rings (SSSR count). The SMILES string of the molecule is COC(C)CNc1nc(C)cc(C#N)n1. The van der Waals surface area contributed by atoms with Crippen LogP contribution in [0, 0.1) is 18.3 Å². The van der Waals surface area contributed by atoms with Crippen molar-refractivity contribution in [3.63, 3.8) is 0 Å². The minimum absolute atomic E-state index is 0.0830. The zero-order valence-corrected chi connectivity index (χ0v) is 9.11. The molecule has 1 aromatic rings. The van der Waals surface area contributed by atoms with Gasteiger partial charge in [-0.1, -0.05) is 0 Å². The van der Waals surface area contributed by atoms with Gasteiger partial charge in [-0.2, -0.15) is 5.26 Å². The van der Waals surface area contributed by atoms with Crippen LogP contribution in [0.5, 0.6) is 0 Å². The number of aromatic nitrogens is 2. The van der Waals surface area contributed by atoms with Crippen molar-refractivity contribution >= 4 is 5.95 Å². The molecule has 1 unspecified atom stereocenters. The lowest BCUT2D eigenvalue weighted by atomic mass is 10.3. The molecular formula is C10H14N4O. The molecule has 15 heavy (non-hydrogen) atoms. The van der Waals surface area contributed by atoms with Gasteiger partial charge in [0.05, 0.1) is 6.10 Å². The zero-order chi connectivity index (χ0) is 11.3. The van der Waals surface area contributed by atoms with Crippen LogP contribution in [0.25, 0.3) is 0 Å². The average molecular weight is 206 g/mol. The van der Waals surface area contributed by atoms with Crippen LogP contribution in [0.1, 0.15) is 18.3 Å². The van der Waals surface area contributed by atoms with Gasteiger partial charge in [0, 0.05) is 19.3 Å². The van der Waals surface area contributed by atoms with Crippen molar-refractivity contribution in [2.45, 2.75) is 20.0 Å². The smallest absolute Gasteiger partial charge is 0.224 e. The Balaban J connectivity index is 2.69. The fourth-order valence-corrected chi connectivity index (χ4v) is 1.02. The van der Waals surface area contributed by atoms with Gasteiger partial charge in [-0.15, -0.1) is 0 Å². The van der Waals surface area contributed by atoms with E-state index in [0.717, 1.165) is 5.69 Å². The summed E-state index contributed by atoms with van der Waals surface area (Å²) in [5.74, 6) is 0.468. The maximum Gasteiger partial charge on any atom is 0.224 e. The molecule has 0 radical (unpaired) electrons. The van der Waals surface area contributed by atoms with E-state index in [0.29, 0.717) is 18.2 Å². The van der Waals surface area contributed by atoms with Gasteiger partial charge in [-0.3, -0.25) is 0 Å². The van der Waals surface area contributed by atoms with Crippen LogP contribution in [-0.4, -0.2) is 29.7 Å². The van der Waals surface area contributed by atoms with Crippen LogP contribution >= 0.6 is 0 Å². The first-order valence-corrected chi connectivity index (χ1v) is 4.68. The molecule has 0 aromatic carbocycles. The molecule has 0 spiro atoms. The summed E-state index contributed by atoms with van der Waals surface area (Å²) in [5.41, 5.74) is 1.14. The van der Waals surface area contributed by atoms with Gasteiger partial charge in [-0.05, 0) is 19.9 Å². The van der Waals surface area contributed by atoms with E-state index in [4.69, 9.17) is 10.00 Å². The van der Waals surface area contributed by atoms with Crippen molar-refractivity contribution in [2.75, 3.05) is 19.0 Å². The molecule has 80 valence electrons. The van der Waals surface area contributed by atoms with Crippen LogP contribution in [-0.2, 0) is 4.74 Å². The Labute approximate surface area is 89.1 Å². The third kappa shape index (κ3) is 3.52. The van der Waals surface area contributed by atoms with Crippen LogP contribution < -0.4 is 5.32 Å². The predicted octanol–water partition coefficient (Wildman–Crippen LogP) is 1.10. The molecule has 0 fully saturated rings. The first-order valence-electron chi connectivity index (χ1n) is 4.68. The average Bonchev–Trinajstić information content (AvgIpc) is 2.25. The Bertz CT molecular complexity index is 372. The second-order valence-electron chi connectivity index (χ2n) is 3.26. The Morgan fingerprint density at radius 1 is 1.60 bits per heavy atom.